The van der Waals surface area contributed by atoms with Crippen LogP contribution in [0.25, 0.3) is 10.9 Å². The molecule has 3 aromatic rings. The van der Waals surface area contributed by atoms with Crippen molar-refractivity contribution in [1.82, 2.24) is 19.9 Å². The third-order valence-corrected chi connectivity index (χ3v) is 4.79. The average Bonchev–Trinajstić information content (AvgIpc) is 2.66. The second-order valence-corrected chi connectivity index (χ2v) is 6.85. The largest absolute Gasteiger partial charge is 0.460 e. The molecule has 1 saturated heterocycles. The third kappa shape index (κ3) is 3.75. The van der Waals surface area contributed by atoms with Crippen LogP contribution in [0.15, 0.2) is 47.5 Å². The molecular weight excluding hydrogens is 328 g/mol. The van der Waals surface area contributed by atoms with Gasteiger partial charge in [-0.3, -0.25) is 9.69 Å². The zero-order valence-corrected chi connectivity index (χ0v) is 14.8. The molecule has 0 amide bonds. The van der Waals surface area contributed by atoms with Crippen LogP contribution in [-0.2, 0) is 6.54 Å². The fourth-order valence-corrected chi connectivity index (χ4v) is 3.33. The number of rotatable bonds is 4. The zero-order chi connectivity index (χ0) is 17.9. The van der Waals surface area contributed by atoms with Crippen LogP contribution in [0, 0.1) is 6.92 Å². The Kier molecular flexibility index (Phi) is 4.67. The molecule has 0 unspecified atom stereocenters. The third-order valence-electron chi connectivity index (χ3n) is 4.79. The number of fused-ring (bicyclic) bond motifs is 1. The number of nitrogens with zero attached hydrogens (tertiary/aromatic N) is 3. The van der Waals surface area contributed by atoms with Gasteiger partial charge in [0.1, 0.15) is 6.10 Å². The van der Waals surface area contributed by atoms with Crippen LogP contribution < -0.4 is 10.3 Å². The molecule has 0 spiro atoms. The van der Waals surface area contributed by atoms with Crippen LogP contribution >= 0.6 is 0 Å². The number of likely N-dealkylation sites (tertiary alicyclic amines) is 1. The van der Waals surface area contributed by atoms with Crippen LogP contribution in [0.4, 0.5) is 0 Å². The van der Waals surface area contributed by atoms with Gasteiger partial charge in [0.05, 0.1) is 0 Å². The van der Waals surface area contributed by atoms with E-state index in [1.165, 1.54) is 0 Å². The Morgan fingerprint density at radius 2 is 1.92 bits per heavy atom. The quantitative estimate of drug-likeness (QED) is 0.783. The zero-order valence-electron chi connectivity index (χ0n) is 14.8. The first-order valence-electron chi connectivity index (χ1n) is 8.96. The molecule has 0 atom stereocenters. The van der Waals surface area contributed by atoms with E-state index in [-0.39, 0.29) is 11.7 Å². The molecule has 3 heterocycles. The summed E-state index contributed by atoms with van der Waals surface area (Å²) in [4.78, 5) is 26.0. The number of pyridine rings is 1. The highest BCUT2D eigenvalue weighted by molar-refractivity contribution is 5.78. The van der Waals surface area contributed by atoms with Crippen molar-refractivity contribution >= 4 is 10.9 Å². The van der Waals surface area contributed by atoms with E-state index < -0.39 is 0 Å². The standard InChI is InChI=1S/C20H22N4O2/c1-14-11-21-20(22-12-14)26-17-6-8-24(9-7-17)13-16-10-15-4-2-3-5-18(15)23-19(16)25/h2-5,10-12,17H,6-9,13H2,1H3,(H,23,25). The summed E-state index contributed by atoms with van der Waals surface area (Å²) in [6.45, 7) is 4.40. The number of hydrogen-bond donors (Lipinski definition) is 1. The number of hydrogen-bond acceptors (Lipinski definition) is 5. The first kappa shape index (κ1) is 16.7. The van der Waals surface area contributed by atoms with E-state index in [0.717, 1.165) is 48.0 Å². The van der Waals surface area contributed by atoms with Crippen LogP contribution in [0.3, 0.4) is 0 Å². The lowest BCUT2D eigenvalue weighted by Gasteiger charge is -2.31. The van der Waals surface area contributed by atoms with E-state index in [2.05, 4.69) is 19.9 Å². The van der Waals surface area contributed by atoms with Gasteiger partial charge in [-0.05, 0) is 42.8 Å². The molecule has 6 nitrogen and oxygen atoms in total. The highest BCUT2D eigenvalue weighted by Gasteiger charge is 2.22. The molecule has 4 rings (SSSR count). The summed E-state index contributed by atoms with van der Waals surface area (Å²) in [5.74, 6) is 0. The van der Waals surface area contributed by atoms with E-state index in [9.17, 15) is 4.79 Å². The Balaban J connectivity index is 1.37. The van der Waals surface area contributed by atoms with Crippen molar-refractivity contribution in [3.05, 3.63) is 64.2 Å². The van der Waals surface area contributed by atoms with Gasteiger partial charge in [0.2, 0.25) is 0 Å². The van der Waals surface area contributed by atoms with E-state index in [0.29, 0.717) is 12.6 Å². The predicted molar refractivity (Wildman–Crippen MR) is 100 cm³/mol. The van der Waals surface area contributed by atoms with Gasteiger partial charge < -0.3 is 9.72 Å². The summed E-state index contributed by atoms with van der Waals surface area (Å²) < 4.78 is 5.87. The first-order chi connectivity index (χ1) is 12.7. The number of aromatic nitrogens is 3. The lowest BCUT2D eigenvalue weighted by atomic mass is 10.1. The van der Waals surface area contributed by atoms with Gasteiger partial charge in [-0.25, -0.2) is 9.97 Å². The van der Waals surface area contributed by atoms with Gasteiger partial charge >= 0.3 is 6.01 Å². The van der Waals surface area contributed by atoms with E-state index in [1.807, 2.05) is 37.3 Å². The molecule has 1 aliphatic rings. The summed E-state index contributed by atoms with van der Waals surface area (Å²) >= 11 is 0. The number of piperidine rings is 1. The Morgan fingerprint density at radius 3 is 2.69 bits per heavy atom. The molecule has 1 fully saturated rings. The minimum atomic E-state index is -0.00451. The molecule has 1 aromatic carbocycles. The summed E-state index contributed by atoms with van der Waals surface area (Å²) in [5.41, 5.74) is 2.71. The maximum absolute atomic E-state index is 12.3. The van der Waals surface area contributed by atoms with E-state index in [1.54, 1.807) is 12.4 Å². The molecule has 26 heavy (non-hydrogen) atoms. The average molecular weight is 350 g/mol. The van der Waals surface area contributed by atoms with Gasteiger partial charge in [-0.15, -0.1) is 0 Å². The molecule has 0 saturated carbocycles. The molecule has 6 heteroatoms. The Hall–Kier alpha value is -2.73. The van der Waals surface area contributed by atoms with E-state index >= 15 is 0 Å². The molecule has 0 aliphatic carbocycles. The monoisotopic (exact) mass is 350 g/mol. The number of H-pyrrole nitrogens is 1. The fourth-order valence-electron chi connectivity index (χ4n) is 3.33. The van der Waals surface area contributed by atoms with Crippen LogP contribution in [-0.4, -0.2) is 39.0 Å². The maximum atomic E-state index is 12.3. The van der Waals surface area contributed by atoms with Gasteiger partial charge in [-0.2, -0.15) is 0 Å². The van der Waals surface area contributed by atoms with Gasteiger partial charge in [0.15, 0.2) is 0 Å². The van der Waals surface area contributed by atoms with Gasteiger partial charge in [0.25, 0.3) is 5.56 Å². The normalized spacial score (nSPS) is 16.0. The molecule has 0 bridgehead atoms. The van der Waals surface area contributed by atoms with Crippen molar-refractivity contribution in [3.63, 3.8) is 0 Å². The molecule has 1 N–H and O–H groups in total. The van der Waals surface area contributed by atoms with Crippen molar-refractivity contribution in [2.24, 2.45) is 0 Å². The summed E-state index contributed by atoms with van der Waals surface area (Å²) in [6, 6.07) is 10.3. The fraction of sp³-hybridized carbons (Fsp3) is 0.350. The predicted octanol–water partition coefficient (Wildman–Crippen LogP) is 2.67. The van der Waals surface area contributed by atoms with Gasteiger partial charge in [-0.1, -0.05) is 18.2 Å². The van der Waals surface area contributed by atoms with Crippen molar-refractivity contribution in [2.75, 3.05) is 13.1 Å². The van der Waals surface area contributed by atoms with Crippen molar-refractivity contribution < 1.29 is 4.74 Å². The number of benzene rings is 1. The SMILES string of the molecule is Cc1cnc(OC2CCN(Cc3cc4ccccc4[nH]c3=O)CC2)nc1. The minimum absolute atomic E-state index is 0.00451. The van der Waals surface area contributed by atoms with Gasteiger partial charge in [0, 0.05) is 43.1 Å². The van der Waals surface area contributed by atoms with Crippen molar-refractivity contribution in [2.45, 2.75) is 32.4 Å². The smallest absolute Gasteiger partial charge is 0.316 e. The summed E-state index contributed by atoms with van der Waals surface area (Å²) in [7, 11) is 0. The molecule has 1 aliphatic heterocycles. The van der Waals surface area contributed by atoms with Crippen molar-refractivity contribution in [3.8, 4) is 6.01 Å². The second kappa shape index (κ2) is 7.25. The Bertz CT molecular complexity index is 944. The highest BCUT2D eigenvalue weighted by Crippen LogP contribution is 2.18. The lowest BCUT2D eigenvalue weighted by Crippen LogP contribution is -2.39. The van der Waals surface area contributed by atoms with Crippen LogP contribution in [0.2, 0.25) is 0 Å². The van der Waals surface area contributed by atoms with Crippen molar-refractivity contribution in [1.29, 1.82) is 0 Å². The molecule has 134 valence electrons. The second-order valence-electron chi connectivity index (χ2n) is 6.85. The van der Waals surface area contributed by atoms with E-state index in [4.69, 9.17) is 4.74 Å². The minimum Gasteiger partial charge on any atom is -0.460 e. The summed E-state index contributed by atoms with van der Waals surface area (Å²) in [5, 5.41) is 1.07. The van der Waals surface area contributed by atoms with Crippen LogP contribution in [0.1, 0.15) is 24.0 Å². The number of nitrogens with one attached hydrogen (secondary N) is 1. The Labute approximate surface area is 151 Å². The summed E-state index contributed by atoms with van der Waals surface area (Å²) in [6.07, 6.45) is 5.47. The number of ether oxygens (including phenoxy) is 1. The number of aryl methyl sites for hydroxylation is 1. The highest BCUT2D eigenvalue weighted by atomic mass is 16.5. The van der Waals surface area contributed by atoms with Crippen LogP contribution in [0.5, 0.6) is 6.01 Å². The number of aromatic amines is 1. The Morgan fingerprint density at radius 1 is 1.19 bits per heavy atom. The first-order valence-corrected chi connectivity index (χ1v) is 8.96. The molecular formula is C20H22N4O2. The topological polar surface area (TPSA) is 71.1 Å². The lowest BCUT2D eigenvalue weighted by molar-refractivity contribution is 0.0890. The molecule has 2 aromatic heterocycles. The number of para-hydroxylation sites is 1. The molecule has 0 radical (unpaired) electrons. The maximum Gasteiger partial charge on any atom is 0.316 e.